The highest BCUT2D eigenvalue weighted by atomic mass is 35.5. The largest absolute Gasteiger partial charge is 0.438 e. The van der Waals surface area contributed by atoms with E-state index in [1.54, 1.807) is 6.20 Å². The second-order valence-corrected chi connectivity index (χ2v) is 7.03. The minimum atomic E-state index is -0.319. The monoisotopic (exact) mass is 386 g/mol. The van der Waals surface area contributed by atoms with E-state index in [1.165, 1.54) is 0 Å². The number of halogens is 1. The fourth-order valence-corrected chi connectivity index (χ4v) is 3.49. The Morgan fingerprint density at radius 2 is 1.96 bits per heavy atom. The van der Waals surface area contributed by atoms with Gasteiger partial charge in [-0.3, -0.25) is 0 Å². The van der Waals surface area contributed by atoms with Crippen LogP contribution in [-0.4, -0.2) is 20.7 Å². The topological polar surface area (TPSA) is 87.1 Å². The van der Waals surface area contributed by atoms with Crippen LogP contribution in [-0.2, 0) is 0 Å². The third kappa shape index (κ3) is 4.12. The molecule has 0 radical (unpaired) electrons. The van der Waals surface area contributed by atoms with Gasteiger partial charge < -0.3 is 15.0 Å². The van der Waals surface area contributed by atoms with Crippen LogP contribution in [0.4, 0.5) is 0 Å². The van der Waals surface area contributed by atoms with Gasteiger partial charge in [-0.15, -0.1) is 12.4 Å². The lowest BCUT2D eigenvalue weighted by Crippen LogP contribution is -2.44. The predicted molar refractivity (Wildman–Crippen MR) is 105 cm³/mol. The Hall–Kier alpha value is -2.44. The Morgan fingerprint density at radius 3 is 2.74 bits per heavy atom. The van der Waals surface area contributed by atoms with Crippen molar-refractivity contribution < 1.29 is 9.26 Å². The van der Waals surface area contributed by atoms with E-state index in [0.717, 1.165) is 25.7 Å². The molecule has 0 amide bonds. The van der Waals surface area contributed by atoms with Crippen LogP contribution in [0.2, 0.25) is 0 Å². The molecular weight excluding hydrogens is 364 g/mol. The third-order valence-corrected chi connectivity index (χ3v) is 4.96. The number of aromatic nitrogens is 3. The van der Waals surface area contributed by atoms with Gasteiger partial charge in [0.05, 0.1) is 11.5 Å². The predicted octanol–water partition coefficient (Wildman–Crippen LogP) is 4.72. The molecular formula is C20H23ClN4O2. The number of hydrogen-bond donors (Lipinski definition) is 1. The number of benzene rings is 1. The molecule has 4 rings (SSSR count). The van der Waals surface area contributed by atoms with Gasteiger partial charge in [-0.1, -0.05) is 36.2 Å². The van der Waals surface area contributed by atoms with Gasteiger partial charge in [-0.05, 0) is 44.0 Å². The first-order valence-electron chi connectivity index (χ1n) is 8.94. The molecule has 1 aromatic carbocycles. The Bertz CT molecular complexity index is 882. The van der Waals surface area contributed by atoms with Crippen LogP contribution in [0.3, 0.4) is 0 Å². The summed E-state index contributed by atoms with van der Waals surface area (Å²) in [4.78, 5) is 8.96. The number of hydrogen-bond acceptors (Lipinski definition) is 6. The van der Waals surface area contributed by atoms with Gasteiger partial charge >= 0.3 is 0 Å². The molecule has 2 N–H and O–H groups in total. The van der Waals surface area contributed by atoms with Gasteiger partial charge in [0.2, 0.25) is 17.6 Å². The molecule has 2 aromatic heterocycles. The van der Waals surface area contributed by atoms with E-state index in [-0.39, 0.29) is 23.9 Å². The highest BCUT2D eigenvalue weighted by Crippen LogP contribution is 2.39. The van der Waals surface area contributed by atoms with Crippen molar-refractivity contribution in [2.45, 2.75) is 44.1 Å². The smallest absolute Gasteiger partial charge is 0.231 e. The summed E-state index contributed by atoms with van der Waals surface area (Å²) < 4.78 is 11.5. The first-order chi connectivity index (χ1) is 12.6. The summed E-state index contributed by atoms with van der Waals surface area (Å²) in [5.74, 6) is 2.30. The minimum absolute atomic E-state index is 0. The summed E-state index contributed by atoms with van der Waals surface area (Å²) in [7, 11) is 0. The Labute approximate surface area is 164 Å². The summed E-state index contributed by atoms with van der Waals surface area (Å²) in [5, 5.41) is 4.17. The Morgan fingerprint density at radius 1 is 1.15 bits per heavy atom. The van der Waals surface area contributed by atoms with E-state index in [0.29, 0.717) is 28.9 Å². The second kappa shape index (κ2) is 8.06. The summed E-state index contributed by atoms with van der Waals surface area (Å²) in [6.45, 7) is 2.06. The SMILES string of the molecule is CC1(N)CCCCC1c1nc(-c2cccnc2Oc2ccccc2)no1.Cl. The number of nitrogens with zero attached hydrogens (tertiary/aromatic N) is 3. The summed E-state index contributed by atoms with van der Waals surface area (Å²) in [6.07, 6.45) is 5.88. The molecule has 3 aromatic rings. The van der Waals surface area contributed by atoms with Crippen molar-refractivity contribution in [2.24, 2.45) is 5.73 Å². The van der Waals surface area contributed by atoms with Crippen LogP contribution in [0.1, 0.15) is 44.4 Å². The Kier molecular flexibility index (Phi) is 5.77. The zero-order chi connectivity index (χ0) is 18.0. The maximum Gasteiger partial charge on any atom is 0.231 e. The molecule has 1 aliphatic carbocycles. The maximum absolute atomic E-state index is 6.47. The van der Waals surface area contributed by atoms with Gasteiger partial charge in [-0.25, -0.2) is 4.98 Å². The quantitative estimate of drug-likeness (QED) is 0.697. The minimum Gasteiger partial charge on any atom is -0.438 e. The van der Waals surface area contributed by atoms with Crippen molar-refractivity contribution in [1.29, 1.82) is 0 Å². The molecule has 2 atom stereocenters. The van der Waals surface area contributed by atoms with Crippen molar-refractivity contribution in [2.75, 3.05) is 0 Å². The van der Waals surface area contributed by atoms with E-state index >= 15 is 0 Å². The van der Waals surface area contributed by atoms with Crippen molar-refractivity contribution >= 4 is 12.4 Å². The van der Waals surface area contributed by atoms with Crippen LogP contribution in [0.5, 0.6) is 11.6 Å². The van der Waals surface area contributed by atoms with Crippen molar-refractivity contribution in [3.8, 4) is 23.0 Å². The fraction of sp³-hybridized carbons (Fsp3) is 0.350. The van der Waals surface area contributed by atoms with Gasteiger partial charge in [0.1, 0.15) is 5.75 Å². The second-order valence-electron chi connectivity index (χ2n) is 7.03. The van der Waals surface area contributed by atoms with E-state index < -0.39 is 0 Å². The molecule has 1 saturated carbocycles. The molecule has 1 fully saturated rings. The molecule has 0 spiro atoms. The fourth-order valence-electron chi connectivity index (χ4n) is 3.49. The Balaban J connectivity index is 0.00000210. The number of nitrogens with two attached hydrogens (primary N) is 1. The molecule has 1 aliphatic rings. The lowest BCUT2D eigenvalue weighted by molar-refractivity contribution is 0.223. The number of ether oxygens (including phenoxy) is 1. The lowest BCUT2D eigenvalue weighted by atomic mass is 9.74. The molecule has 7 heteroatoms. The molecule has 0 bridgehead atoms. The van der Waals surface area contributed by atoms with Crippen LogP contribution < -0.4 is 10.5 Å². The summed E-state index contributed by atoms with van der Waals surface area (Å²) in [5.41, 5.74) is 6.85. The highest BCUT2D eigenvalue weighted by Gasteiger charge is 2.37. The first kappa shape index (κ1) is 19.3. The maximum atomic E-state index is 6.47. The molecule has 142 valence electrons. The van der Waals surface area contributed by atoms with Crippen LogP contribution in [0.15, 0.2) is 53.2 Å². The van der Waals surface area contributed by atoms with Gasteiger partial charge in [0.25, 0.3) is 0 Å². The van der Waals surface area contributed by atoms with Crippen LogP contribution in [0, 0.1) is 0 Å². The van der Waals surface area contributed by atoms with Crippen molar-refractivity contribution in [3.05, 3.63) is 54.6 Å². The molecule has 2 unspecified atom stereocenters. The van der Waals surface area contributed by atoms with E-state index in [1.807, 2.05) is 42.5 Å². The lowest BCUT2D eigenvalue weighted by Gasteiger charge is -2.35. The number of para-hydroxylation sites is 1. The third-order valence-electron chi connectivity index (χ3n) is 4.96. The molecule has 0 aliphatic heterocycles. The van der Waals surface area contributed by atoms with Gasteiger partial charge in [0.15, 0.2) is 0 Å². The summed E-state index contributed by atoms with van der Waals surface area (Å²) in [6, 6.07) is 13.2. The molecule has 27 heavy (non-hydrogen) atoms. The first-order valence-corrected chi connectivity index (χ1v) is 8.94. The highest BCUT2D eigenvalue weighted by molar-refractivity contribution is 5.85. The van der Waals surface area contributed by atoms with Gasteiger partial charge in [-0.2, -0.15) is 4.98 Å². The zero-order valence-corrected chi connectivity index (χ0v) is 16.0. The van der Waals surface area contributed by atoms with Crippen LogP contribution >= 0.6 is 12.4 Å². The average Bonchev–Trinajstić information content (AvgIpc) is 3.12. The van der Waals surface area contributed by atoms with E-state index in [9.17, 15) is 0 Å². The number of pyridine rings is 1. The zero-order valence-electron chi connectivity index (χ0n) is 15.2. The molecule has 2 heterocycles. The molecule has 0 saturated heterocycles. The van der Waals surface area contributed by atoms with E-state index in [2.05, 4.69) is 22.0 Å². The standard InChI is InChI=1S/C20H22N4O2.ClH/c1-20(21)12-6-5-11-16(20)19-23-17(24-26-19)15-10-7-13-22-18(15)25-14-8-3-2-4-9-14;/h2-4,7-10,13,16H,5-6,11-12,21H2,1H3;1H. The molecule has 6 nitrogen and oxygen atoms in total. The van der Waals surface area contributed by atoms with Crippen molar-refractivity contribution in [3.63, 3.8) is 0 Å². The van der Waals surface area contributed by atoms with Crippen LogP contribution in [0.25, 0.3) is 11.4 Å². The van der Waals surface area contributed by atoms with E-state index in [4.69, 9.17) is 15.0 Å². The average molecular weight is 387 g/mol. The normalized spacial score (nSPS) is 22.1. The van der Waals surface area contributed by atoms with Gasteiger partial charge in [0, 0.05) is 11.7 Å². The summed E-state index contributed by atoms with van der Waals surface area (Å²) >= 11 is 0. The van der Waals surface area contributed by atoms with Crippen molar-refractivity contribution in [1.82, 2.24) is 15.1 Å². The number of rotatable bonds is 4.